The van der Waals surface area contributed by atoms with Gasteiger partial charge in [-0.1, -0.05) is 36.1 Å². The summed E-state index contributed by atoms with van der Waals surface area (Å²) in [5.74, 6) is 5.98. The van der Waals surface area contributed by atoms with E-state index in [1.807, 2.05) is 25.2 Å². The van der Waals surface area contributed by atoms with Crippen molar-refractivity contribution in [1.29, 1.82) is 0 Å². The SMILES string of the molecule is CC(NC(=O)c1nccnc1N)c1nc2cccc(C#Cc3cnn(C)c3)c2c(=O)n1-c1ccccc1. The van der Waals surface area contributed by atoms with E-state index in [2.05, 4.69) is 32.2 Å². The summed E-state index contributed by atoms with van der Waals surface area (Å²) in [6.45, 7) is 1.74. The van der Waals surface area contributed by atoms with Crippen LogP contribution in [0.15, 0.2) is 78.1 Å². The lowest BCUT2D eigenvalue weighted by Gasteiger charge is -2.20. The summed E-state index contributed by atoms with van der Waals surface area (Å²) in [6, 6.07) is 13.8. The van der Waals surface area contributed by atoms with Gasteiger partial charge in [-0.15, -0.1) is 0 Å². The number of aryl methyl sites for hydroxylation is 1. The Balaban J connectivity index is 1.65. The molecule has 0 saturated carbocycles. The number of carbonyl (C=O) groups excluding carboxylic acids is 1. The van der Waals surface area contributed by atoms with Crippen LogP contribution in [0.25, 0.3) is 16.6 Å². The van der Waals surface area contributed by atoms with Gasteiger partial charge >= 0.3 is 0 Å². The number of carbonyl (C=O) groups is 1. The molecule has 182 valence electrons. The van der Waals surface area contributed by atoms with Crippen molar-refractivity contribution in [1.82, 2.24) is 34.6 Å². The summed E-state index contributed by atoms with van der Waals surface area (Å²) < 4.78 is 3.15. The number of nitrogens with two attached hydrogens (primary N) is 1. The highest BCUT2D eigenvalue weighted by atomic mass is 16.2. The molecule has 10 nitrogen and oxygen atoms in total. The third-order valence-electron chi connectivity index (χ3n) is 5.66. The first kappa shape index (κ1) is 23.4. The molecule has 0 fully saturated rings. The van der Waals surface area contributed by atoms with E-state index in [0.717, 1.165) is 5.56 Å². The highest BCUT2D eigenvalue weighted by molar-refractivity contribution is 5.96. The number of aromatic nitrogens is 6. The first-order valence-corrected chi connectivity index (χ1v) is 11.4. The average Bonchev–Trinajstić information content (AvgIpc) is 3.32. The van der Waals surface area contributed by atoms with Crippen LogP contribution in [-0.4, -0.2) is 35.2 Å². The summed E-state index contributed by atoms with van der Waals surface area (Å²) >= 11 is 0. The van der Waals surface area contributed by atoms with Crippen LogP contribution < -0.4 is 16.6 Å². The summed E-state index contributed by atoms with van der Waals surface area (Å²) in [4.78, 5) is 39.6. The van der Waals surface area contributed by atoms with E-state index in [-0.39, 0.29) is 17.1 Å². The van der Waals surface area contributed by atoms with Gasteiger partial charge in [0, 0.05) is 31.2 Å². The molecular weight excluding hydrogens is 468 g/mol. The third kappa shape index (κ3) is 4.66. The number of benzene rings is 2. The van der Waals surface area contributed by atoms with E-state index in [1.54, 1.807) is 54.3 Å². The predicted octanol–water partition coefficient (Wildman–Crippen LogP) is 2.38. The van der Waals surface area contributed by atoms with E-state index in [4.69, 9.17) is 10.7 Å². The second-order valence-electron chi connectivity index (χ2n) is 8.28. The maximum atomic E-state index is 14.0. The van der Waals surface area contributed by atoms with Gasteiger partial charge in [-0.25, -0.2) is 15.0 Å². The number of anilines is 1. The van der Waals surface area contributed by atoms with Gasteiger partial charge in [0.25, 0.3) is 11.5 Å². The van der Waals surface area contributed by atoms with Crippen LogP contribution in [0.2, 0.25) is 0 Å². The van der Waals surface area contributed by atoms with Crippen LogP contribution in [0.5, 0.6) is 0 Å². The number of fused-ring (bicyclic) bond motifs is 1. The number of nitrogen functional groups attached to an aromatic ring is 1. The van der Waals surface area contributed by atoms with Crippen molar-refractivity contribution in [2.24, 2.45) is 7.05 Å². The second kappa shape index (κ2) is 9.75. The van der Waals surface area contributed by atoms with Gasteiger partial charge in [-0.05, 0) is 31.2 Å². The molecule has 10 heteroatoms. The predicted molar refractivity (Wildman–Crippen MR) is 139 cm³/mol. The molecular formula is C27H22N8O2. The minimum atomic E-state index is -0.670. The van der Waals surface area contributed by atoms with Gasteiger partial charge < -0.3 is 11.1 Å². The van der Waals surface area contributed by atoms with Crippen molar-refractivity contribution in [3.05, 3.63) is 106 Å². The minimum Gasteiger partial charge on any atom is -0.382 e. The zero-order chi connectivity index (χ0) is 25.9. The fourth-order valence-corrected chi connectivity index (χ4v) is 3.95. The van der Waals surface area contributed by atoms with Gasteiger partial charge in [-0.3, -0.25) is 18.8 Å². The number of amides is 1. The smallest absolute Gasteiger partial charge is 0.274 e. The van der Waals surface area contributed by atoms with Gasteiger partial charge in [0.1, 0.15) is 5.82 Å². The topological polar surface area (TPSA) is 134 Å². The average molecular weight is 491 g/mol. The van der Waals surface area contributed by atoms with Gasteiger partial charge in [0.15, 0.2) is 11.5 Å². The molecule has 1 atom stereocenters. The molecule has 2 aromatic carbocycles. The lowest BCUT2D eigenvalue weighted by molar-refractivity contribution is 0.0933. The van der Waals surface area contributed by atoms with E-state index in [0.29, 0.717) is 28.0 Å². The number of para-hydroxylation sites is 1. The van der Waals surface area contributed by atoms with Gasteiger partial charge in [-0.2, -0.15) is 5.10 Å². The Labute approximate surface area is 211 Å². The van der Waals surface area contributed by atoms with Crippen LogP contribution >= 0.6 is 0 Å². The van der Waals surface area contributed by atoms with Crippen LogP contribution in [0.3, 0.4) is 0 Å². The molecule has 3 heterocycles. The van der Waals surface area contributed by atoms with Crippen molar-refractivity contribution < 1.29 is 4.79 Å². The summed E-state index contributed by atoms with van der Waals surface area (Å²) in [6.07, 6.45) is 6.25. The molecule has 0 aliphatic rings. The molecule has 0 aliphatic carbocycles. The van der Waals surface area contributed by atoms with Crippen molar-refractivity contribution in [2.45, 2.75) is 13.0 Å². The maximum absolute atomic E-state index is 14.0. The summed E-state index contributed by atoms with van der Waals surface area (Å²) in [5.41, 5.74) is 7.85. The van der Waals surface area contributed by atoms with Crippen molar-refractivity contribution in [2.75, 3.05) is 5.73 Å². The number of nitrogens with one attached hydrogen (secondary N) is 1. The largest absolute Gasteiger partial charge is 0.382 e. The lowest BCUT2D eigenvalue weighted by Crippen LogP contribution is -2.34. The van der Waals surface area contributed by atoms with Crippen LogP contribution in [0.1, 0.15) is 40.4 Å². The molecule has 1 unspecified atom stereocenters. The molecule has 3 aromatic heterocycles. The minimum absolute atomic E-state index is 0.00305. The Bertz CT molecular complexity index is 1750. The quantitative estimate of drug-likeness (QED) is 0.370. The van der Waals surface area contributed by atoms with Crippen molar-refractivity contribution in [3.63, 3.8) is 0 Å². The Morgan fingerprint density at radius 3 is 2.57 bits per heavy atom. The summed E-state index contributed by atoms with van der Waals surface area (Å²) in [5, 5.41) is 7.35. The first-order chi connectivity index (χ1) is 17.9. The molecule has 0 aliphatic heterocycles. The normalized spacial score (nSPS) is 11.5. The fourth-order valence-electron chi connectivity index (χ4n) is 3.95. The zero-order valence-corrected chi connectivity index (χ0v) is 20.1. The number of hydrogen-bond donors (Lipinski definition) is 2. The van der Waals surface area contributed by atoms with E-state index >= 15 is 0 Å². The number of rotatable bonds is 4. The Morgan fingerprint density at radius 1 is 1.05 bits per heavy atom. The van der Waals surface area contributed by atoms with Gasteiger partial charge in [0.2, 0.25) is 0 Å². The van der Waals surface area contributed by atoms with Crippen molar-refractivity contribution in [3.8, 4) is 17.5 Å². The summed E-state index contributed by atoms with van der Waals surface area (Å²) in [7, 11) is 1.81. The Morgan fingerprint density at radius 2 is 1.84 bits per heavy atom. The molecule has 0 spiro atoms. The lowest BCUT2D eigenvalue weighted by atomic mass is 10.1. The fraction of sp³-hybridized carbons (Fsp3) is 0.111. The molecule has 1 amide bonds. The maximum Gasteiger partial charge on any atom is 0.274 e. The molecule has 0 bridgehead atoms. The molecule has 5 aromatic rings. The molecule has 0 radical (unpaired) electrons. The zero-order valence-electron chi connectivity index (χ0n) is 20.1. The molecule has 37 heavy (non-hydrogen) atoms. The number of hydrogen-bond acceptors (Lipinski definition) is 7. The number of nitrogens with zero attached hydrogens (tertiary/aromatic N) is 6. The second-order valence-corrected chi connectivity index (χ2v) is 8.28. The van der Waals surface area contributed by atoms with E-state index in [9.17, 15) is 9.59 Å². The van der Waals surface area contributed by atoms with Gasteiger partial charge in [0.05, 0.1) is 34.4 Å². The standard InChI is InChI=1S/C27H22N8O2/c1-17(32-26(36)23-24(28)30-14-13-29-23)25-33-21-10-6-7-19(12-11-18-15-31-34(2)16-18)22(21)27(37)35(25)20-8-4-3-5-9-20/h3-10,13-17H,1-2H3,(H2,28,30)(H,32,36). The molecule has 0 saturated heterocycles. The Hall–Kier alpha value is -5.30. The Kier molecular flexibility index (Phi) is 6.18. The molecule has 3 N–H and O–H groups in total. The molecule has 5 rings (SSSR count). The van der Waals surface area contributed by atoms with Crippen LogP contribution in [0.4, 0.5) is 5.82 Å². The highest BCUT2D eigenvalue weighted by Crippen LogP contribution is 2.20. The van der Waals surface area contributed by atoms with E-state index in [1.165, 1.54) is 17.0 Å². The third-order valence-corrected chi connectivity index (χ3v) is 5.66. The van der Waals surface area contributed by atoms with E-state index < -0.39 is 11.9 Å². The monoisotopic (exact) mass is 490 g/mol. The first-order valence-electron chi connectivity index (χ1n) is 11.4. The van der Waals surface area contributed by atoms with Crippen LogP contribution in [0, 0.1) is 11.8 Å². The van der Waals surface area contributed by atoms with Crippen molar-refractivity contribution >= 4 is 22.6 Å². The van der Waals surface area contributed by atoms with Crippen LogP contribution in [-0.2, 0) is 7.05 Å². The highest BCUT2D eigenvalue weighted by Gasteiger charge is 2.22.